The van der Waals surface area contributed by atoms with Crippen molar-refractivity contribution in [2.75, 3.05) is 11.9 Å². The van der Waals surface area contributed by atoms with Crippen LogP contribution in [0, 0.1) is 12.8 Å². The van der Waals surface area contributed by atoms with Gasteiger partial charge in [0.25, 0.3) is 0 Å². The number of amides is 1. The minimum atomic E-state index is -0.204. The second kappa shape index (κ2) is 8.49. The first-order valence-corrected chi connectivity index (χ1v) is 9.08. The number of carbonyl (C=O) groups is 1. The second-order valence-corrected chi connectivity index (χ2v) is 6.40. The summed E-state index contributed by atoms with van der Waals surface area (Å²) >= 11 is 0. The topological polar surface area (TPSA) is 69.0 Å². The number of aryl methyl sites for hydroxylation is 1. The Hall–Kier alpha value is -3.15. The number of nitrogens with zero attached hydrogens (tertiary/aromatic N) is 3. The molecule has 1 N–H and O–H groups in total. The van der Waals surface area contributed by atoms with E-state index in [2.05, 4.69) is 15.4 Å². The van der Waals surface area contributed by atoms with Crippen LogP contribution in [0.25, 0.3) is 5.69 Å². The SMILES string of the molecule is CCOc1ccc(CC(C)C(=O)Nc2nc(C)nn2-c2ccccc2)cc1. The van der Waals surface area contributed by atoms with Crippen LogP contribution in [-0.4, -0.2) is 27.3 Å². The molecule has 0 aliphatic heterocycles. The summed E-state index contributed by atoms with van der Waals surface area (Å²) in [6.07, 6.45) is 0.636. The first-order valence-electron chi connectivity index (χ1n) is 9.08. The third-order valence-corrected chi connectivity index (χ3v) is 4.17. The van der Waals surface area contributed by atoms with Crippen LogP contribution in [0.3, 0.4) is 0 Å². The summed E-state index contributed by atoms with van der Waals surface area (Å²) in [5.41, 5.74) is 1.94. The van der Waals surface area contributed by atoms with E-state index < -0.39 is 0 Å². The number of aromatic nitrogens is 3. The van der Waals surface area contributed by atoms with Crippen molar-refractivity contribution in [2.45, 2.75) is 27.2 Å². The van der Waals surface area contributed by atoms with Gasteiger partial charge in [0.15, 0.2) is 0 Å². The molecule has 1 atom stereocenters. The Morgan fingerprint density at radius 1 is 1.15 bits per heavy atom. The number of benzene rings is 2. The van der Waals surface area contributed by atoms with E-state index in [9.17, 15) is 4.79 Å². The second-order valence-electron chi connectivity index (χ2n) is 6.40. The van der Waals surface area contributed by atoms with Gasteiger partial charge in [0.05, 0.1) is 12.3 Å². The molecule has 0 bridgehead atoms. The van der Waals surface area contributed by atoms with Gasteiger partial charge in [-0.05, 0) is 50.1 Å². The number of hydrogen-bond acceptors (Lipinski definition) is 4. The number of anilines is 1. The Kier molecular flexibility index (Phi) is 5.86. The Morgan fingerprint density at radius 2 is 1.85 bits per heavy atom. The smallest absolute Gasteiger partial charge is 0.233 e. The molecule has 0 spiro atoms. The standard InChI is InChI=1S/C21H24N4O2/c1-4-27-19-12-10-17(11-13-19)14-15(2)20(26)23-21-22-16(3)24-25(21)18-8-6-5-7-9-18/h5-13,15H,4,14H2,1-3H3,(H,22,23,24,26). The van der Waals surface area contributed by atoms with Gasteiger partial charge in [0.2, 0.25) is 11.9 Å². The number of hydrogen-bond donors (Lipinski definition) is 1. The van der Waals surface area contributed by atoms with E-state index in [1.165, 1.54) is 0 Å². The van der Waals surface area contributed by atoms with Gasteiger partial charge in [-0.3, -0.25) is 10.1 Å². The zero-order chi connectivity index (χ0) is 19.2. The minimum Gasteiger partial charge on any atom is -0.494 e. The summed E-state index contributed by atoms with van der Waals surface area (Å²) in [7, 11) is 0. The van der Waals surface area contributed by atoms with Crippen LogP contribution in [-0.2, 0) is 11.2 Å². The summed E-state index contributed by atoms with van der Waals surface area (Å²) in [5, 5.41) is 7.29. The van der Waals surface area contributed by atoms with Gasteiger partial charge in [-0.25, -0.2) is 0 Å². The molecule has 3 rings (SSSR count). The van der Waals surface area contributed by atoms with Crippen molar-refractivity contribution in [3.05, 3.63) is 66.0 Å². The molecule has 6 nitrogen and oxygen atoms in total. The van der Waals surface area contributed by atoms with Crippen LogP contribution in [0.5, 0.6) is 5.75 Å². The molecule has 1 heterocycles. The van der Waals surface area contributed by atoms with E-state index >= 15 is 0 Å². The lowest BCUT2D eigenvalue weighted by Gasteiger charge is -2.13. The lowest BCUT2D eigenvalue weighted by atomic mass is 10.0. The van der Waals surface area contributed by atoms with Crippen LogP contribution >= 0.6 is 0 Å². The van der Waals surface area contributed by atoms with E-state index in [1.807, 2.05) is 68.4 Å². The van der Waals surface area contributed by atoms with Crippen LogP contribution in [0.2, 0.25) is 0 Å². The van der Waals surface area contributed by atoms with Gasteiger partial charge in [-0.1, -0.05) is 37.3 Å². The number of nitrogens with one attached hydrogen (secondary N) is 1. The monoisotopic (exact) mass is 364 g/mol. The van der Waals surface area contributed by atoms with E-state index in [-0.39, 0.29) is 11.8 Å². The van der Waals surface area contributed by atoms with Crippen molar-refractivity contribution in [3.63, 3.8) is 0 Å². The first kappa shape index (κ1) is 18.6. The van der Waals surface area contributed by atoms with Crippen molar-refractivity contribution in [1.29, 1.82) is 0 Å². The molecule has 1 aromatic heterocycles. The lowest BCUT2D eigenvalue weighted by Crippen LogP contribution is -2.24. The summed E-state index contributed by atoms with van der Waals surface area (Å²) in [4.78, 5) is 17.0. The molecule has 0 aliphatic rings. The highest BCUT2D eigenvalue weighted by atomic mass is 16.5. The Morgan fingerprint density at radius 3 is 2.52 bits per heavy atom. The molecule has 0 aliphatic carbocycles. The maximum absolute atomic E-state index is 12.7. The zero-order valence-corrected chi connectivity index (χ0v) is 15.8. The third-order valence-electron chi connectivity index (χ3n) is 4.17. The molecule has 0 radical (unpaired) electrons. The first-order chi connectivity index (χ1) is 13.1. The molecule has 6 heteroatoms. The van der Waals surface area contributed by atoms with E-state index in [0.717, 1.165) is 17.0 Å². The van der Waals surface area contributed by atoms with Crippen LogP contribution in [0.1, 0.15) is 25.2 Å². The largest absolute Gasteiger partial charge is 0.494 e. The number of rotatable bonds is 7. The quantitative estimate of drug-likeness (QED) is 0.692. The van der Waals surface area contributed by atoms with Gasteiger partial charge >= 0.3 is 0 Å². The van der Waals surface area contributed by atoms with Crippen molar-refractivity contribution in [1.82, 2.24) is 14.8 Å². The van der Waals surface area contributed by atoms with Crippen molar-refractivity contribution >= 4 is 11.9 Å². The number of carbonyl (C=O) groups excluding carboxylic acids is 1. The third kappa shape index (κ3) is 4.73. The molecule has 1 amide bonds. The van der Waals surface area contributed by atoms with E-state index in [0.29, 0.717) is 24.8 Å². The molecule has 1 unspecified atom stereocenters. The molecule has 2 aromatic carbocycles. The lowest BCUT2D eigenvalue weighted by molar-refractivity contribution is -0.119. The van der Waals surface area contributed by atoms with Gasteiger partial charge in [0.1, 0.15) is 11.6 Å². The minimum absolute atomic E-state index is 0.0894. The maximum Gasteiger partial charge on any atom is 0.233 e. The molecule has 0 fully saturated rings. The van der Waals surface area contributed by atoms with Crippen molar-refractivity contribution in [3.8, 4) is 11.4 Å². The molecule has 140 valence electrons. The predicted octanol–water partition coefficient (Wildman–Crippen LogP) is 3.79. The molecule has 3 aromatic rings. The average Bonchev–Trinajstić information content (AvgIpc) is 3.04. The van der Waals surface area contributed by atoms with Gasteiger partial charge in [-0.2, -0.15) is 9.67 Å². The summed E-state index contributed by atoms with van der Waals surface area (Å²) in [6.45, 7) is 6.30. The molecular weight excluding hydrogens is 340 g/mol. The van der Waals surface area contributed by atoms with Gasteiger partial charge < -0.3 is 4.74 Å². The van der Waals surface area contributed by atoms with Crippen LogP contribution in [0.4, 0.5) is 5.95 Å². The Bertz CT molecular complexity index is 888. The summed E-state index contributed by atoms with van der Waals surface area (Å²) in [5.74, 6) is 1.58. The van der Waals surface area contributed by atoms with Crippen molar-refractivity contribution < 1.29 is 9.53 Å². The normalized spacial score (nSPS) is 11.8. The van der Waals surface area contributed by atoms with E-state index in [1.54, 1.807) is 11.6 Å². The van der Waals surface area contributed by atoms with Gasteiger partial charge in [0, 0.05) is 5.92 Å². The molecule has 0 saturated heterocycles. The molecular formula is C21H24N4O2. The highest BCUT2D eigenvalue weighted by molar-refractivity contribution is 5.91. The molecule has 0 saturated carbocycles. The van der Waals surface area contributed by atoms with Crippen molar-refractivity contribution in [2.24, 2.45) is 5.92 Å². The Labute approximate surface area is 159 Å². The summed E-state index contributed by atoms with van der Waals surface area (Å²) < 4.78 is 7.10. The summed E-state index contributed by atoms with van der Waals surface area (Å²) in [6, 6.07) is 17.5. The Balaban J connectivity index is 1.68. The number of ether oxygens (including phenoxy) is 1. The fourth-order valence-corrected chi connectivity index (χ4v) is 2.81. The maximum atomic E-state index is 12.7. The highest BCUT2D eigenvalue weighted by Gasteiger charge is 2.18. The van der Waals surface area contributed by atoms with Gasteiger partial charge in [-0.15, -0.1) is 5.10 Å². The number of para-hydroxylation sites is 1. The highest BCUT2D eigenvalue weighted by Crippen LogP contribution is 2.18. The predicted molar refractivity (Wildman–Crippen MR) is 105 cm³/mol. The van der Waals surface area contributed by atoms with Crippen LogP contribution < -0.4 is 10.1 Å². The fourth-order valence-electron chi connectivity index (χ4n) is 2.81. The fraction of sp³-hybridized carbons (Fsp3) is 0.286. The zero-order valence-electron chi connectivity index (χ0n) is 15.8. The average molecular weight is 364 g/mol. The molecule has 27 heavy (non-hydrogen) atoms. The van der Waals surface area contributed by atoms with Crippen LogP contribution in [0.15, 0.2) is 54.6 Å². The van der Waals surface area contributed by atoms with E-state index in [4.69, 9.17) is 4.74 Å².